The minimum atomic E-state index is -0.267. The quantitative estimate of drug-likeness (QED) is 0.721. The molecule has 18 heavy (non-hydrogen) atoms. The van der Waals surface area contributed by atoms with Crippen LogP contribution in [0.4, 0.5) is 5.82 Å². The zero-order valence-electron chi connectivity index (χ0n) is 11.6. The summed E-state index contributed by atoms with van der Waals surface area (Å²) in [5, 5.41) is 3.19. The number of anilines is 1. The van der Waals surface area contributed by atoms with E-state index in [-0.39, 0.29) is 6.29 Å². The summed E-state index contributed by atoms with van der Waals surface area (Å²) in [6.45, 7) is 4.91. The van der Waals surface area contributed by atoms with Crippen LogP contribution < -0.4 is 5.32 Å². The van der Waals surface area contributed by atoms with Gasteiger partial charge in [0.25, 0.3) is 0 Å². The predicted molar refractivity (Wildman–Crippen MR) is 71.7 cm³/mol. The first kappa shape index (κ1) is 14.9. The molecule has 5 nitrogen and oxygen atoms in total. The summed E-state index contributed by atoms with van der Waals surface area (Å²) in [7, 11) is 3.23. The van der Waals surface area contributed by atoms with Gasteiger partial charge in [-0.2, -0.15) is 0 Å². The van der Waals surface area contributed by atoms with Gasteiger partial charge in [0.1, 0.15) is 12.1 Å². The monoisotopic (exact) mass is 253 g/mol. The van der Waals surface area contributed by atoms with Crippen molar-refractivity contribution in [3.8, 4) is 0 Å². The molecule has 0 saturated heterocycles. The molecule has 1 N–H and O–H groups in total. The first-order valence-corrected chi connectivity index (χ1v) is 6.36. The third kappa shape index (κ3) is 4.23. The van der Waals surface area contributed by atoms with Crippen LogP contribution in [-0.2, 0) is 9.47 Å². The maximum Gasteiger partial charge on any atom is 0.173 e. The summed E-state index contributed by atoms with van der Waals surface area (Å²) >= 11 is 0. The minimum absolute atomic E-state index is 0.267. The van der Waals surface area contributed by atoms with Crippen LogP contribution in [-0.4, -0.2) is 37.0 Å². The fourth-order valence-corrected chi connectivity index (χ4v) is 1.85. The number of aromatic nitrogens is 2. The lowest BCUT2D eigenvalue weighted by atomic mass is 9.99. The second-order valence-corrected chi connectivity index (χ2v) is 4.12. The van der Waals surface area contributed by atoms with Gasteiger partial charge in [-0.15, -0.1) is 0 Å². The molecule has 0 unspecified atom stereocenters. The lowest BCUT2D eigenvalue weighted by Crippen LogP contribution is -2.24. The van der Waals surface area contributed by atoms with Crippen LogP contribution in [0.3, 0.4) is 0 Å². The number of rotatable bonds is 8. The topological polar surface area (TPSA) is 56.3 Å². The average Bonchev–Trinajstić information content (AvgIpc) is 2.42. The fourth-order valence-electron chi connectivity index (χ4n) is 1.85. The maximum absolute atomic E-state index is 5.11. The standard InChI is InChI=1S/C13H23N3O2/c1-5-10(6-2)11-7-12(16-9-15-11)14-8-13(17-3)18-4/h7,9-10,13H,5-6,8H2,1-4H3,(H,14,15,16). The largest absolute Gasteiger partial charge is 0.365 e. The summed E-state index contributed by atoms with van der Waals surface area (Å²) in [5.41, 5.74) is 1.09. The Labute approximate surface area is 109 Å². The van der Waals surface area contributed by atoms with Crippen molar-refractivity contribution in [2.24, 2.45) is 0 Å². The van der Waals surface area contributed by atoms with E-state index in [9.17, 15) is 0 Å². The van der Waals surface area contributed by atoms with Crippen LogP contribution in [0.2, 0.25) is 0 Å². The Morgan fingerprint density at radius 1 is 1.17 bits per heavy atom. The Kier molecular flexibility index (Phi) is 6.60. The summed E-state index contributed by atoms with van der Waals surface area (Å²) in [5.74, 6) is 1.31. The van der Waals surface area contributed by atoms with Crippen LogP contribution in [0, 0.1) is 0 Å². The van der Waals surface area contributed by atoms with Gasteiger partial charge in [0.15, 0.2) is 6.29 Å². The van der Waals surface area contributed by atoms with Crippen molar-refractivity contribution in [3.63, 3.8) is 0 Å². The van der Waals surface area contributed by atoms with Gasteiger partial charge in [-0.05, 0) is 12.8 Å². The Hall–Kier alpha value is -1.20. The van der Waals surface area contributed by atoms with Crippen molar-refractivity contribution in [1.29, 1.82) is 0 Å². The first-order chi connectivity index (χ1) is 8.74. The molecule has 5 heteroatoms. The molecule has 0 spiro atoms. The van der Waals surface area contributed by atoms with Gasteiger partial charge < -0.3 is 14.8 Å². The third-order valence-electron chi connectivity index (χ3n) is 3.07. The van der Waals surface area contributed by atoms with Crippen LogP contribution >= 0.6 is 0 Å². The molecule has 0 aliphatic carbocycles. The second kappa shape index (κ2) is 8.00. The highest BCUT2D eigenvalue weighted by Gasteiger charge is 2.10. The molecule has 0 bridgehead atoms. The molecule has 1 aromatic heterocycles. The van der Waals surface area contributed by atoms with Crippen molar-refractivity contribution in [2.45, 2.75) is 38.9 Å². The van der Waals surface area contributed by atoms with E-state index < -0.39 is 0 Å². The van der Waals surface area contributed by atoms with E-state index in [1.807, 2.05) is 6.07 Å². The highest BCUT2D eigenvalue weighted by molar-refractivity contribution is 5.35. The van der Waals surface area contributed by atoms with Gasteiger partial charge in [0.05, 0.1) is 6.54 Å². The molecule has 0 radical (unpaired) electrons. The number of hydrogen-bond donors (Lipinski definition) is 1. The van der Waals surface area contributed by atoms with Gasteiger partial charge >= 0.3 is 0 Å². The van der Waals surface area contributed by atoms with E-state index in [0.29, 0.717) is 12.5 Å². The Balaban J connectivity index is 2.64. The molecular weight excluding hydrogens is 230 g/mol. The van der Waals surface area contributed by atoms with Crippen molar-refractivity contribution < 1.29 is 9.47 Å². The van der Waals surface area contributed by atoms with Gasteiger partial charge in [0, 0.05) is 31.9 Å². The summed E-state index contributed by atoms with van der Waals surface area (Å²) in [4.78, 5) is 8.53. The summed E-state index contributed by atoms with van der Waals surface area (Å²) in [6, 6.07) is 2.00. The highest BCUT2D eigenvalue weighted by atomic mass is 16.7. The average molecular weight is 253 g/mol. The van der Waals surface area contributed by atoms with E-state index in [4.69, 9.17) is 9.47 Å². The van der Waals surface area contributed by atoms with Crippen molar-refractivity contribution in [3.05, 3.63) is 18.1 Å². The molecule has 0 saturated carbocycles. The van der Waals surface area contributed by atoms with E-state index in [2.05, 4.69) is 29.1 Å². The van der Waals surface area contributed by atoms with Gasteiger partial charge in [0.2, 0.25) is 0 Å². The number of nitrogens with one attached hydrogen (secondary N) is 1. The molecule has 0 aliphatic rings. The maximum atomic E-state index is 5.11. The van der Waals surface area contributed by atoms with Crippen molar-refractivity contribution >= 4 is 5.82 Å². The molecule has 1 heterocycles. The Morgan fingerprint density at radius 3 is 2.39 bits per heavy atom. The van der Waals surface area contributed by atoms with Crippen LogP contribution in [0.25, 0.3) is 0 Å². The van der Waals surface area contributed by atoms with E-state index in [0.717, 1.165) is 24.4 Å². The molecule has 0 atom stereocenters. The zero-order chi connectivity index (χ0) is 13.4. The second-order valence-electron chi connectivity index (χ2n) is 4.12. The Bertz CT molecular complexity index is 339. The summed E-state index contributed by atoms with van der Waals surface area (Å²) in [6.07, 6.45) is 3.51. The molecular formula is C13H23N3O2. The molecule has 1 aromatic rings. The van der Waals surface area contributed by atoms with Gasteiger partial charge in [-0.25, -0.2) is 9.97 Å². The van der Waals surface area contributed by atoms with Crippen molar-refractivity contribution in [2.75, 3.05) is 26.1 Å². The lowest BCUT2D eigenvalue weighted by molar-refractivity contribution is -0.0914. The Morgan fingerprint density at radius 2 is 1.83 bits per heavy atom. The number of hydrogen-bond acceptors (Lipinski definition) is 5. The number of nitrogens with zero attached hydrogens (tertiary/aromatic N) is 2. The number of methoxy groups -OCH3 is 2. The minimum Gasteiger partial charge on any atom is -0.365 e. The zero-order valence-corrected chi connectivity index (χ0v) is 11.6. The van der Waals surface area contributed by atoms with Gasteiger partial charge in [-0.1, -0.05) is 13.8 Å². The van der Waals surface area contributed by atoms with E-state index >= 15 is 0 Å². The highest BCUT2D eigenvalue weighted by Crippen LogP contribution is 2.21. The van der Waals surface area contributed by atoms with Crippen LogP contribution in [0.5, 0.6) is 0 Å². The van der Waals surface area contributed by atoms with E-state index in [1.54, 1.807) is 20.5 Å². The molecule has 0 aromatic carbocycles. The van der Waals surface area contributed by atoms with E-state index in [1.165, 1.54) is 0 Å². The third-order valence-corrected chi connectivity index (χ3v) is 3.07. The fraction of sp³-hybridized carbons (Fsp3) is 0.692. The van der Waals surface area contributed by atoms with Crippen LogP contribution in [0.15, 0.2) is 12.4 Å². The normalized spacial score (nSPS) is 11.2. The van der Waals surface area contributed by atoms with Crippen molar-refractivity contribution in [1.82, 2.24) is 9.97 Å². The molecule has 1 rings (SSSR count). The number of ether oxygens (including phenoxy) is 2. The molecule has 0 amide bonds. The summed E-state index contributed by atoms with van der Waals surface area (Å²) < 4.78 is 10.2. The molecule has 0 fully saturated rings. The lowest BCUT2D eigenvalue weighted by Gasteiger charge is -2.16. The molecule has 0 aliphatic heterocycles. The predicted octanol–water partition coefficient (Wildman–Crippen LogP) is 2.41. The van der Waals surface area contributed by atoms with Crippen LogP contribution in [0.1, 0.15) is 38.3 Å². The smallest absolute Gasteiger partial charge is 0.173 e. The SMILES string of the molecule is CCC(CC)c1cc(NCC(OC)OC)ncn1. The first-order valence-electron chi connectivity index (χ1n) is 6.36. The van der Waals surface area contributed by atoms with Gasteiger partial charge in [-0.3, -0.25) is 0 Å². The molecule has 102 valence electrons.